The minimum atomic E-state index is -0.193. The van der Waals surface area contributed by atoms with E-state index in [9.17, 15) is 9.90 Å². The Labute approximate surface area is 159 Å². The van der Waals surface area contributed by atoms with E-state index in [1.54, 1.807) is 12.1 Å². The minimum absolute atomic E-state index is 0.131. The summed E-state index contributed by atoms with van der Waals surface area (Å²) in [6.45, 7) is 8.16. The van der Waals surface area contributed by atoms with Crippen molar-refractivity contribution in [2.75, 3.05) is 19.6 Å². The van der Waals surface area contributed by atoms with E-state index in [1.165, 1.54) is 12.1 Å². The monoisotopic (exact) mass is 373 g/mol. The molecule has 0 atom stereocenters. The highest BCUT2D eigenvalue weighted by molar-refractivity contribution is 5.94. The van der Waals surface area contributed by atoms with Gasteiger partial charge in [0.15, 0.2) is 11.7 Å². The molecule has 1 heterocycles. The molecule has 0 fully saturated rings. The average Bonchev–Trinajstić information content (AvgIpc) is 3.13. The van der Waals surface area contributed by atoms with Gasteiger partial charge in [0, 0.05) is 31.3 Å². The van der Waals surface area contributed by atoms with Gasteiger partial charge in [0.05, 0.1) is 5.69 Å². The number of phenolic OH excluding ortho intramolecular Hbond substituents is 1. The van der Waals surface area contributed by atoms with E-state index in [0.29, 0.717) is 42.8 Å². The van der Waals surface area contributed by atoms with Crippen molar-refractivity contribution in [1.82, 2.24) is 21.1 Å². The first kappa shape index (κ1) is 20.3. The second-order valence-electron chi connectivity index (χ2n) is 6.30. The third-order valence-electron chi connectivity index (χ3n) is 3.74. The normalized spacial score (nSPS) is 11.5. The van der Waals surface area contributed by atoms with Gasteiger partial charge in [-0.15, -0.1) is 0 Å². The zero-order valence-corrected chi connectivity index (χ0v) is 16.0. The van der Waals surface area contributed by atoms with Crippen molar-refractivity contribution in [3.8, 4) is 5.75 Å². The molecule has 0 unspecified atom stereocenters. The summed E-state index contributed by atoms with van der Waals surface area (Å²) in [4.78, 5) is 16.5. The van der Waals surface area contributed by atoms with Crippen LogP contribution in [-0.2, 0) is 6.54 Å². The first-order chi connectivity index (χ1) is 13.0. The van der Waals surface area contributed by atoms with Crippen molar-refractivity contribution in [1.29, 1.82) is 0 Å². The molecule has 0 saturated carbocycles. The number of benzene rings is 1. The number of aromatic nitrogens is 1. The van der Waals surface area contributed by atoms with Crippen LogP contribution in [-0.4, -0.2) is 41.8 Å². The SMILES string of the molecule is CCNC(=NCc1cc(C(C)C)no1)NCCNC(=O)c1ccc(O)cc1. The van der Waals surface area contributed by atoms with Crippen LogP contribution >= 0.6 is 0 Å². The molecular weight excluding hydrogens is 346 g/mol. The van der Waals surface area contributed by atoms with Gasteiger partial charge in [0.25, 0.3) is 5.91 Å². The van der Waals surface area contributed by atoms with Crippen molar-refractivity contribution < 1.29 is 14.4 Å². The van der Waals surface area contributed by atoms with Gasteiger partial charge in [-0.1, -0.05) is 19.0 Å². The molecule has 146 valence electrons. The number of aromatic hydroxyl groups is 1. The summed E-state index contributed by atoms with van der Waals surface area (Å²) in [5.41, 5.74) is 1.41. The highest BCUT2D eigenvalue weighted by Gasteiger charge is 2.08. The molecule has 8 nitrogen and oxygen atoms in total. The molecule has 0 aliphatic rings. The Kier molecular flexibility index (Phi) is 7.66. The molecule has 2 aromatic rings. The van der Waals surface area contributed by atoms with Crippen LogP contribution < -0.4 is 16.0 Å². The van der Waals surface area contributed by atoms with Crippen molar-refractivity contribution >= 4 is 11.9 Å². The van der Waals surface area contributed by atoms with Crippen LogP contribution in [0.2, 0.25) is 0 Å². The van der Waals surface area contributed by atoms with Crippen molar-refractivity contribution in [2.45, 2.75) is 33.2 Å². The second-order valence-corrected chi connectivity index (χ2v) is 6.30. The Balaban J connectivity index is 1.79. The van der Waals surface area contributed by atoms with Gasteiger partial charge < -0.3 is 25.6 Å². The summed E-state index contributed by atoms with van der Waals surface area (Å²) >= 11 is 0. The highest BCUT2D eigenvalue weighted by atomic mass is 16.5. The van der Waals surface area contributed by atoms with Crippen LogP contribution in [0.25, 0.3) is 0 Å². The zero-order valence-electron chi connectivity index (χ0n) is 16.0. The van der Waals surface area contributed by atoms with Gasteiger partial charge in [-0.3, -0.25) is 4.79 Å². The third kappa shape index (κ3) is 6.65. The average molecular weight is 373 g/mol. The summed E-state index contributed by atoms with van der Waals surface area (Å²) in [5.74, 6) is 1.60. The van der Waals surface area contributed by atoms with E-state index in [4.69, 9.17) is 4.52 Å². The molecule has 0 aliphatic carbocycles. The summed E-state index contributed by atoms with van der Waals surface area (Å²) < 4.78 is 5.28. The fourth-order valence-electron chi connectivity index (χ4n) is 2.25. The molecule has 0 radical (unpaired) electrons. The van der Waals surface area contributed by atoms with Crippen LogP contribution in [0.4, 0.5) is 0 Å². The lowest BCUT2D eigenvalue weighted by atomic mass is 10.1. The molecule has 0 aliphatic heterocycles. The molecule has 27 heavy (non-hydrogen) atoms. The molecule has 4 N–H and O–H groups in total. The lowest BCUT2D eigenvalue weighted by Crippen LogP contribution is -2.41. The second kappa shape index (κ2) is 10.2. The molecule has 0 bridgehead atoms. The molecule has 2 rings (SSSR count). The predicted molar refractivity (Wildman–Crippen MR) is 104 cm³/mol. The maximum Gasteiger partial charge on any atom is 0.251 e. The van der Waals surface area contributed by atoms with Gasteiger partial charge in [-0.05, 0) is 37.1 Å². The molecule has 1 aromatic carbocycles. The lowest BCUT2D eigenvalue weighted by Gasteiger charge is -2.11. The number of amides is 1. The Hall–Kier alpha value is -3.03. The van der Waals surface area contributed by atoms with Gasteiger partial charge in [-0.2, -0.15) is 0 Å². The zero-order chi connectivity index (χ0) is 19.6. The largest absolute Gasteiger partial charge is 0.508 e. The van der Waals surface area contributed by atoms with Gasteiger partial charge in [0.1, 0.15) is 12.3 Å². The summed E-state index contributed by atoms with van der Waals surface area (Å²) in [6.07, 6.45) is 0. The van der Waals surface area contributed by atoms with Gasteiger partial charge in [-0.25, -0.2) is 4.99 Å². The highest BCUT2D eigenvalue weighted by Crippen LogP contribution is 2.14. The quantitative estimate of drug-likeness (QED) is 0.320. The van der Waals surface area contributed by atoms with Crippen LogP contribution in [0.15, 0.2) is 39.8 Å². The molecule has 1 amide bonds. The smallest absolute Gasteiger partial charge is 0.251 e. The molecule has 1 aromatic heterocycles. The van der Waals surface area contributed by atoms with E-state index < -0.39 is 0 Å². The standard InChI is InChI=1S/C19H27N5O3/c1-4-20-19(23-12-16-11-17(13(2)3)24-27-16)22-10-9-21-18(26)14-5-7-15(25)8-6-14/h5-8,11,13,25H,4,9-10,12H2,1-3H3,(H,21,26)(H2,20,22,23). The Morgan fingerprint density at radius 3 is 2.52 bits per heavy atom. The number of hydrogen-bond donors (Lipinski definition) is 4. The van der Waals surface area contributed by atoms with E-state index >= 15 is 0 Å². The number of guanidine groups is 1. The fraction of sp³-hybridized carbons (Fsp3) is 0.421. The molecular formula is C19H27N5O3. The number of carbonyl (C=O) groups excluding carboxylic acids is 1. The number of aliphatic imine (C=N–C) groups is 1. The van der Waals surface area contributed by atoms with Crippen molar-refractivity contribution in [3.05, 3.63) is 47.3 Å². The summed E-state index contributed by atoms with van der Waals surface area (Å²) in [7, 11) is 0. The molecule has 8 heteroatoms. The number of nitrogens with one attached hydrogen (secondary N) is 3. The van der Waals surface area contributed by atoms with Crippen LogP contribution in [0.5, 0.6) is 5.75 Å². The Morgan fingerprint density at radius 1 is 1.19 bits per heavy atom. The van der Waals surface area contributed by atoms with Gasteiger partial charge >= 0.3 is 0 Å². The van der Waals surface area contributed by atoms with Crippen molar-refractivity contribution in [2.24, 2.45) is 4.99 Å². The predicted octanol–water partition coefficient (Wildman–Crippen LogP) is 1.99. The number of phenols is 1. The lowest BCUT2D eigenvalue weighted by molar-refractivity contribution is 0.0954. The summed E-state index contributed by atoms with van der Waals surface area (Å²) in [6, 6.07) is 8.03. The van der Waals surface area contributed by atoms with E-state index in [0.717, 1.165) is 12.2 Å². The fourth-order valence-corrected chi connectivity index (χ4v) is 2.25. The number of hydrogen-bond acceptors (Lipinski definition) is 5. The maximum absolute atomic E-state index is 12.0. The first-order valence-corrected chi connectivity index (χ1v) is 9.04. The minimum Gasteiger partial charge on any atom is -0.508 e. The Morgan fingerprint density at radius 2 is 1.89 bits per heavy atom. The van der Waals surface area contributed by atoms with Crippen LogP contribution in [0, 0.1) is 0 Å². The van der Waals surface area contributed by atoms with Crippen LogP contribution in [0.3, 0.4) is 0 Å². The molecule has 0 saturated heterocycles. The van der Waals surface area contributed by atoms with Crippen molar-refractivity contribution in [3.63, 3.8) is 0 Å². The topological polar surface area (TPSA) is 112 Å². The third-order valence-corrected chi connectivity index (χ3v) is 3.74. The number of carbonyl (C=O) groups is 1. The van der Waals surface area contributed by atoms with Crippen LogP contribution in [0.1, 0.15) is 48.5 Å². The van der Waals surface area contributed by atoms with E-state index in [1.807, 2.05) is 13.0 Å². The van der Waals surface area contributed by atoms with Gasteiger partial charge in [0.2, 0.25) is 0 Å². The maximum atomic E-state index is 12.0. The number of nitrogens with zero attached hydrogens (tertiary/aromatic N) is 2. The summed E-state index contributed by atoms with van der Waals surface area (Å²) in [5, 5.41) is 22.4. The number of rotatable bonds is 8. The first-order valence-electron chi connectivity index (χ1n) is 9.04. The molecule has 0 spiro atoms. The van der Waals surface area contributed by atoms with E-state index in [2.05, 4.69) is 39.9 Å². The Bertz CT molecular complexity index is 753. The van der Waals surface area contributed by atoms with E-state index in [-0.39, 0.29) is 11.7 Å².